The summed E-state index contributed by atoms with van der Waals surface area (Å²) in [4.78, 5) is 29.8. The number of hydrogen-bond donors (Lipinski definition) is 1. The Labute approximate surface area is 197 Å². The number of fused-ring (bicyclic) bond motifs is 1. The number of sulfonamides is 1. The summed E-state index contributed by atoms with van der Waals surface area (Å²) in [6.45, 7) is 2.79. The molecular weight excluding hydrogens is 460 g/mol. The van der Waals surface area contributed by atoms with Crippen molar-refractivity contribution in [2.75, 3.05) is 24.2 Å². The van der Waals surface area contributed by atoms with Gasteiger partial charge in [0.15, 0.2) is 5.16 Å². The molecule has 0 unspecified atom stereocenters. The zero-order chi connectivity index (χ0) is 23.6. The van der Waals surface area contributed by atoms with E-state index in [0.29, 0.717) is 40.4 Å². The number of carbonyl (C=O) groups is 1. The second-order valence-corrected chi connectivity index (χ2v) is 10.9. The van der Waals surface area contributed by atoms with Gasteiger partial charge in [-0.3, -0.25) is 14.2 Å². The van der Waals surface area contributed by atoms with Gasteiger partial charge in [0.25, 0.3) is 5.56 Å². The molecule has 1 aliphatic heterocycles. The summed E-state index contributed by atoms with van der Waals surface area (Å²) in [5.74, 6) is -0.284. The van der Waals surface area contributed by atoms with E-state index in [1.54, 1.807) is 44.3 Å². The predicted molar refractivity (Wildman–Crippen MR) is 130 cm³/mol. The lowest BCUT2D eigenvalue weighted by Gasteiger charge is -2.26. The zero-order valence-electron chi connectivity index (χ0n) is 18.6. The smallest absolute Gasteiger partial charge is 0.261 e. The average molecular weight is 487 g/mol. The van der Waals surface area contributed by atoms with Crippen LogP contribution < -0.4 is 10.9 Å². The number of amides is 1. The summed E-state index contributed by atoms with van der Waals surface area (Å²) < 4.78 is 29.1. The van der Waals surface area contributed by atoms with Gasteiger partial charge in [0.1, 0.15) is 0 Å². The van der Waals surface area contributed by atoms with Crippen molar-refractivity contribution in [3.8, 4) is 0 Å². The lowest BCUT2D eigenvalue weighted by atomic mass is 10.2. The van der Waals surface area contributed by atoms with Gasteiger partial charge in [0.2, 0.25) is 15.9 Å². The number of aryl methyl sites for hydroxylation is 1. The number of carbonyl (C=O) groups excluding carboxylic acids is 1. The van der Waals surface area contributed by atoms with Crippen LogP contribution in [0, 0.1) is 6.92 Å². The maximum atomic E-state index is 13.1. The topological polar surface area (TPSA) is 101 Å². The van der Waals surface area contributed by atoms with E-state index >= 15 is 0 Å². The number of thioether (sulfide) groups is 1. The number of anilines is 1. The Morgan fingerprint density at radius 1 is 1.12 bits per heavy atom. The van der Waals surface area contributed by atoms with Gasteiger partial charge < -0.3 is 5.32 Å². The van der Waals surface area contributed by atoms with E-state index in [-0.39, 0.29) is 22.1 Å². The molecule has 0 spiro atoms. The van der Waals surface area contributed by atoms with Crippen molar-refractivity contribution < 1.29 is 13.2 Å². The molecule has 1 N–H and O–H groups in total. The summed E-state index contributed by atoms with van der Waals surface area (Å²) in [5, 5.41) is 3.73. The third-order valence-electron chi connectivity index (χ3n) is 5.68. The van der Waals surface area contributed by atoms with Crippen molar-refractivity contribution in [3.63, 3.8) is 0 Å². The molecule has 2 aromatic carbocycles. The first-order valence-electron chi connectivity index (χ1n) is 10.8. The maximum absolute atomic E-state index is 13.1. The molecule has 2 heterocycles. The third kappa shape index (κ3) is 4.97. The number of para-hydroxylation sites is 1. The normalized spacial score (nSPS) is 15.0. The number of rotatable bonds is 6. The third-order valence-corrected chi connectivity index (χ3v) is 8.75. The fourth-order valence-electron chi connectivity index (χ4n) is 3.85. The second kappa shape index (κ2) is 9.66. The molecule has 0 aliphatic carbocycles. The molecule has 1 aromatic heterocycles. The molecule has 0 bridgehead atoms. The van der Waals surface area contributed by atoms with Crippen LogP contribution in [-0.2, 0) is 21.9 Å². The fourth-order valence-corrected chi connectivity index (χ4v) is 6.39. The molecule has 0 saturated carbocycles. The Bertz CT molecular complexity index is 1360. The summed E-state index contributed by atoms with van der Waals surface area (Å²) in [6.07, 6.45) is 2.75. The number of benzene rings is 2. The Morgan fingerprint density at radius 3 is 2.61 bits per heavy atom. The van der Waals surface area contributed by atoms with Gasteiger partial charge in [0.05, 0.1) is 21.6 Å². The fraction of sp³-hybridized carbons (Fsp3) is 0.348. The van der Waals surface area contributed by atoms with Gasteiger partial charge in [-0.05, 0) is 49.6 Å². The molecule has 33 heavy (non-hydrogen) atoms. The first-order chi connectivity index (χ1) is 15.8. The number of aromatic nitrogens is 2. The second-order valence-electron chi connectivity index (χ2n) is 8.06. The highest BCUT2D eigenvalue weighted by atomic mass is 32.2. The molecule has 1 saturated heterocycles. The molecular formula is C23H26N4O4S2. The molecule has 1 aliphatic rings. The van der Waals surface area contributed by atoms with Crippen LogP contribution in [-0.4, -0.2) is 47.0 Å². The zero-order valence-corrected chi connectivity index (χ0v) is 20.2. The van der Waals surface area contributed by atoms with Crippen LogP contribution in [0.2, 0.25) is 0 Å². The van der Waals surface area contributed by atoms with Crippen LogP contribution in [0.4, 0.5) is 5.69 Å². The minimum Gasteiger partial charge on any atom is -0.325 e. The van der Waals surface area contributed by atoms with E-state index in [4.69, 9.17) is 0 Å². The van der Waals surface area contributed by atoms with Crippen LogP contribution in [0.25, 0.3) is 10.9 Å². The molecule has 0 radical (unpaired) electrons. The molecule has 0 atom stereocenters. The lowest BCUT2D eigenvalue weighted by molar-refractivity contribution is -0.113. The van der Waals surface area contributed by atoms with Crippen LogP contribution in [0.5, 0.6) is 0 Å². The van der Waals surface area contributed by atoms with E-state index in [1.807, 2.05) is 6.07 Å². The van der Waals surface area contributed by atoms with Gasteiger partial charge in [-0.1, -0.05) is 36.4 Å². The first-order valence-corrected chi connectivity index (χ1v) is 13.2. The first kappa shape index (κ1) is 23.5. The van der Waals surface area contributed by atoms with E-state index < -0.39 is 10.0 Å². The highest BCUT2D eigenvalue weighted by Crippen LogP contribution is 2.26. The van der Waals surface area contributed by atoms with Gasteiger partial charge in [-0.25, -0.2) is 13.4 Å². The van der Waals surface area contributed by atoms with Crippen LogP contribution in [0.1, 0.15) is 24.8 Å². The van der Waals surface area contributed by atoms with Crippen LogP contribution >= 0.6 is 11.8 Å². The van der Waals surface area contributed by atoms with Gasteiger partial charge in [0, 0.05) is 25.8 Å². The Balaban J connectivity index is 1.48. The van der Waals surface area contributed by atoms with Gasteiger partial charge >= 0.3 is 0 Å². The molecule has 10 heteroatoms. The quantitative estimate of drug-likeness (QED) is 0.424. The lowest BCUT2D eigenvalue weighted by Crippen LogP contribution is -2.36. The molecule has 1 amide bonds. The molecule has 1 fully saturated rings. The Morgan fingerprint density at radius 2 is 1.85 bits per heavy atom. The monoisotopic (exact) mass is 486 g/mol. The largest absolute Gasteiger partial charge is 0.325 e. The van der Waals surface area contributed by atoms with E-state index in [9.17, 15) is 18.0 Å². The highest BCUT2D eigenvalue weighted by molar-refractivity contribution is 7.99. The molecule has 3 aromatic rings. The summed E-state index contributed by atoms with van der Waals surface area (Å²) in [7, 11) is -1.98. The number of nitrogens with zero attached hydrogens (tertiary/aromatic N) is 3. The standard InChI is InChI=1S/C23H26N4O4S2/c1-16-10-11-17(14-20(16)33(30,31)27-12-6-3-7-13-27)24-21(28)15-32-23-25-19-9-5-4-8-18(19)22(29)26(23)2/h4-5,8-11,14H,3,6-7,12-13,15H2,1-2H3,(H,24,28). The maximum Gasteiger partial charge on any atom is 0.261 e. The molecule has 174 valence electrons. The van der Waals surface area contributed by atoms with Crippen LogP contribution in [0.3, 0.4) is 0 Å². The molecule has 8 nitrogen and oxygen atoms in total. The van der Waals surface area contributed by atoms with E-state index in [1.165, 1.54) is 14.9 Å². The minimum atomic E-state index is -3.61. The number of piperidine rings is 1. The van der Waals surface area contributed by atoms with Crippen molar-refractivity contribution in [2.45, 2.75) is 36.2 Å². The highest BCUT2D eigenvalue weighted by Gasteiger charge is 2.27. The van der Waals surface area contributed by atoms with E-state index in [2.05, 4.69) is 10.3 Å². The van der Waals surface area contributed by atoms with Gasteiger partial charge in [-0.2, -0.15) is 4.31 Å². The Hall–Kier alpha value is -2.69. The minimum absolute atomic E-state index is 0.0285. The Kier molecular flexibility index (Phi) is 6.87. The summed E-state index contributed by atoms with van der Waals surface area (Å²) >= 11 is 1.15. The van der Waals surface area contributed by atoms with Crippen molar-refractivity contribution in [3.05, 3.63) is 58.4 Å². The number of nitrogens with one attached hydrogen (secondary N) is 1. The van der Waals surface area contributed by atoms with Gasteiger partial charge in [-0.15, -0.1) is 0 Å². The van der Waals surface area contributed by atoms with Crippen LogP contribution in [0.15, 0.2) is 57.3 Å². The SMILES string of the molecule is Cc1ccc(NC(=O)CSc2nc3ccccc3c(=O)n2C)cc1S(=O)(=O)N1CCCCC1. The molecule has 4 rings (SSSR count). The predicted octanol–water partition coefficient (Wildman–Crippen LogP) is 3.15. The van der Waals surface area contributed by atoms with Crippen molar-refractivity contribution in [1.82, 2.24) is 13.9 Å². The van der Waals surface area contributed by atoms with Crippen molar-refractivity contribution in [2.24, 2.45) is 7.05 Å². The van der Waals surface area contributed by atoms with Crippen molar-refractivity contribution >= 4 is 44.3 Å². The summed E-state index contributed by atoms with van der Waals surface area (Å²) in [5.41, 5.74) is 1.47. The summed E-state index contributed by atoms with van der Waals surface area (Å²) in [6, 6.07) is 12.0. The van der Waals surface area contributed by atoms with Crippen molar-refractivity contribution in [1.29, 1.82) is 0 Å². The van der Waals surface area contributed by atoms with E-state index in [0.717, 1.165) is 31.0 Å². The average Bonchev–Trinajstić information content (AvgIpc) is 2.82. The number of hydrogen-bond acceptors (Lipinski definition) is 6.